The van der Waals surface area contributed by atoms with E-state index in [1.165, 1.54) is 11.3 Å². The third-order valence-electron chi connectivity index (χ3n) is 4.10. The minimum Gasteiger partial charge on any atom is -0.493 e. The molecule has 144 valence electrons. The second-order valence-electron chi connectivity index (χ2n) is 5.91. The summed E-state index contributed by atoms with van der Waals surface area (Å²) in [5.74, 6) is 4.06. The van der Waals surface area contributed by atoms with E-state index in [1.807, 2.05) is 43.3 Å². The third-order valence-corrected chi connectivity index (χ3v) is 5.14. The summed E-state index contributed by atoms with van der Waals surface area (Å²) in [4.78, 5) is 17.1. The molecule has 1 aromatic heterocycles. The van der Waals surface area contributed by atoms with Gasteiger partial charge in [0.15, 0.2) is 22.9 Å². The monoisotopic (exact) mass is 396 g/mol. The predicted octanol–water partition coefficient (Wildman–Crippen LogP) is 3.17. The number of thiazole rings is 1. The number of rotatable bonds is 6. The van der Waals surface area contributed by atoms with Crippen LogP contribution in [0.5, 0.6) is 17.2 Å². The van der Waals surface area contributed by atoms with Gasteiger partial charge in [-0.1, -0.05) is 35.5 Å². The zero-order chi connectivity index (χ0) is 20.1. The molecule has 0 fully saturated rings. The molecule has 7 heteroatoms. The minimum absolute atomic E-state index is 0.151. The Hall–Kier alpha value is -3.24. The first-order valence-electron chi connectivity index (χ1n) is 8.52. The van der Waals surface area contributed by atoms with Crippen LogP contribution in [0.4, 0.5) is 0 Å². The first-order valence-corrected chi connectivity index (χ1v) is 9.33. The van der Waals surface area contributed by atoms with Gasteiger partial charge in [0.1, 0.15) is 5.75 Å². The molecule has 0 saturated carbocycles. The first-order chi connectivity index (χ1) is 13.6. The molecule has 0 saturated heterocycles. The highest BCUT2D eigenvalue weighted by atomic mass is 32.1. The van der Waals surface area contributed by atoms with Gasteiger partial charge in [0.2, 0.25) is 0 Å². The maximum atomic E-state index is 12.4. The summed E-state index contributed by atoms with van der Waals surface area (Å²) in [6.07, 6.45) is 5.51. The Kier molecular flexibility index (Phi) is 6.02. The summed E-state index contributed by atoms with van der Waals surface area (Å²) in [6, 6.07) is 11.2. The van der Waals surface area contributed by atoms with Crippen molar-refractivity contribution in [2.24, 2.45) is 4.99 Å². The third kappa shape index (κ3) is 4.02. The Balaban J connectivity index is 1.96. The van der Waals surface area contributed by atoms with Crippen molar-refractivity contribution in [1.29, 1.82) is 0 Å². The van der Waals surface area contributed by atoms with Gasteiger partial charge in [0, 0.05) is 12.1 Å². The minimum atomic E-state index is -0.389. The Labute approximate surface area is 167 Å². The standard InChI is InChI=1S/C21H20N2O4S/c1-5-10-23-15-11-17(25-3)18(26-4)12-19(15)28-21(23)22-20(24)13-27-16-9-7-6-8-14(16)2/h1,6-9,11-12H,10,13H2,2-4H3. The quantitative estimate of drug-likeness (QED) is 0.601. The van der Waals surface area contributed by atoms with Gasteiger partial charge in [0.05, 0.1) is 31.0 Å². The fourth-order valence-corrected chi connectivity index (χ4v) is 3.78. The van der Waals surface area contributed by atoms with Crippen molar-refractivity contribution in [2.45, 2.75) is 13.5 Å². The van der Waals surface area contributed by atoms with Crippen molar-refractivity contribution in [3.05, 3.63) is 46.8 Å². The molecule has 0 aliphatic heterocycles. The number of aryl methyl sites for hydroxylation is 1. The van der Waals surface area contributed by atoms with Crippen LogP contribution in [0.3, 0.4) is 0 Å². The van der Waals surface area contributed by atoms with E-state index in [0.717, 1.165) is 15.8 Å². The Morgan fingerprint density at radius 1 is 1.18 bits per heavy atom. The van der Waals surface area contributed by atoms with Crippen molar-refractivity contribution < 1.29 is 19.0 Å². The molecule has 3 aromatic rings. The van der Waals surface area contributed by atoms with E-state index in [-0.39, 0.29) is 19.1 Å². The number of amides is 1. The number of para-hydroxylation sites is 1. The lowest BCUT2D eigenvalue weighted by Crippen LogP contribution is -2.19. The molecule has 3 rings (SSSR count). The molecule has 0 aliphatic carbocycles. The van der Waals surface area contributed by atoms with Crippen LogP contribution < -0.4 is 19.0 Å². The number of benzene rings is 2. The molecule has 0 radical (unpaired) electrons. The summed E-state index contributed by atoms with van der Waals surface area (Å²) in [7, 11) is 3.14. The number of methoxy groups -OCH3 is 2. The van der Waals surface area contributed by atoms with Crippen LogP contribution in [0, 0.1) is 19.3 Å². The molecule has 6 nitrogen and oxygen atoms in total. The van der Waals surface area contributed by atoms with Crippen LogP contribution in [-0.2, 0) is 11.3 Å². The first kappa shape index (κ1) is 19.5. The SMILES string of the molecule is C#CCn1c(=NC(=O)COc2ccccc2C)sc2cc(OC)c(OC)cc21. The van der Waals surface area contributed by atoms with Crippen LogP contribution >= 0.6 is 11.3 Å². The molecule has 0 N–H and O–H groups in total. The maximum absolute atomic E-state index is 12.4. The van der Waals surface area contributed by atoms with Crippen LogP contribution in [0.25, 0.3) is 10.2 Å². The molecule has 1 amide bonds. The summed E-state index contributed by atoms with van der Waals surface area (Å²) >= 11 is 1.35. The number of hydrogen-bond acceptors (Lipinski definition) is 5. The smallest absolute Gasteiger partial charge is 0.286 e. The number of terminal acetylenes is 1. The van der Waals surface area contributed by atoms with Crippen molar-refractivity contribution in [3.63, 3.8) is 0 Å². The highest BCUT2D eigenvalue weighted by Crippen LogP contribution is 2.33. The second kappa shape index (κ2) is 8.63. The van der Waals surface area contributed by atoms with Crippen molar-refractivity contribution >= 4 is 27.5 Å². The Morgan fingerprint density at radius 3 is 2.57 bits per heavy atom. The van der Waals surface area contributed by atoms with Crippen LogP contribution in [0.15, 0.2) is 41.4 Å². The van der Waals surface area contributed by atoms with Gasteiger partial charge in [-0.15, -0.1) is 6.42 Å². The molecule has 0 unspecified atom stereocenters. The van der Waals surface area contributed by atoms with Crippen molar-refractivity contribution in [2.75, 3.05) is 20.8 Å². The van der Waals surface area contributed by atoms with E-state index in [1.54, 1.807) is 18.8 Å². The fourth-order valence-electron chi connectivity index (χ4n) is 2.72. The summed E-state index contributed by atoms with van der Waals surface area (Å²) in [5.41, 5.74) is 1.78. The van der Waals surface area contributed by atoms with Gasteiger partial charge in [0.25, 0.3) is 5.91 Å². The molecular weight excluding hydrogens is 376 g/mol. The van der Waals surface area contributed by atoms with Gasteiger partial charge >= 0.3 is 0 Å². The fraction of sp³-hybridized carbons (Fsp3) is 0.238. The van der Waals surface area contributed by atoms with Gasteiger partial charge < -0.3 is 18.8 Å². The largest absolute Gasteiger partial charge is 0.493 e. The number of aromatic nitrogens is 1. The maximum Gasteiger partial charge on any atom is 0.286 e. The van der Waals surface area contributed by atoms with Gasteiger partial charge in [-0.25, -0.2) is 0 Å². The van der Waals surface area contributed by atoms with E-state index >= 15 is 0 Å². The zero-order valence-electron chi connectivity index (χ0n) is 15.9. The summed E-state index contributed by atoms with van der Waals surface area (Å²) in [5, 5.41) is 0. The second-order valence-corrected chi connectivity index (χ2v) is 6.92. The van der Waals surface area contributed by atoms with E-state index in [0.29, 0.717) is 22.0 Å². The molecule has 0 aliphatic rings. The number of carbonyl (C=O) groups is 1. The lowest BCUT2D eigenvalue weighted by molar-refractivity contribution is -0.120. The predicted molar refractivity (Wildman–Crippen MR) is 109 cm³/mol. The summed E-state index contributed by atoms with van der Waals surface area (Å²) in [6.45, 7) is 2.05. The molecule has 1 heterocycles. The van der Waals surface area contributed by atoms with E-state index < -0.39 is 0 Å². The highest BCUT2D eigenvalue weighted by molar-refractivity contribution is 7.16. The van der Waals surface area contributed by atoms with Crippen LogP contribution in [0.2, 0.25) is 0 Å². The molecule has 0 spiro atoms. The normalized spacial score (nSPS) is 11.3. The van der Waals surface area contributed by atoms with Gasteiger partial charge in [-0.3, -0.25) is 4.79 Å². The zero-order valence-corrected chi connectivity index (χ0v) is 16.7. The number of nitrogens with zero attached hydrogens (tertiary/aromatic N) is 2. The average Bonchev–Trinajstić information content (AvgIpc) is 3.02. The molecule has 0 atom stereocenters. The molecule has 28 heavy (non-hydrogen) atoms. The van der Waals surface area contributed by atoms with Gasteiger partial charge in [-0.05, 0) is 18.6 Å². The average molecular weight is 396 g/mol. The van der Waals surface area contributed by atoms with Crippen molar-refractivity contribution in [1.82, 2.24) is 4.57 Å². The number of fused-ring (bicyclic) bond motifs is 1. The number of hydrogen-bond donors (Lipinski definition) is 0. The molecule has 0 bridgehead atoms. The number of carbonyl (C=O) groups excluding carboxylic acids is 1. The molecule has 2 aromatic carbocycles. The van der Waals surface area contributed by atoms with Crippen LogP contribution in [0.1, 0.15) is 5.56 Å². The van der Waals surface area contributed by atoms with Gasteiger partial charge in [-0.2, -0.15) is 4.99 Å². The van der Waals surface area contributed by atoms with E-state index in [2.05, 4.69) is 10.9 Å². The van der Waals surface area contributed by atoms with E-state index in [9.17, 15) is 4.79 Å². The van der Waals surface area contributed by atoms with E-state index in [4.69, 9.17) is 20.6 Å². The van der Waals surface area contributed by atoms with Crippen LogP contribution in [-0.4, -0.2) is 31.3 Å². The molecular formula is C21H20N2O4S. The van der Waals surface area contributed by atoms with Crippen molar-refractivity contribution in [3.8, 4) is 29.6 Å². The number of ether oxygens (including phenoxy) is 3. The topological polar surface area (TPSA) is 62.1 Å². The Bertz CT molecular complexity index is 1120. The lowest BCUT2D eigenvalue weighted by atomic mass is 10.2. The summed E-state index contributed by atoms with van der Waals surface area (Å²) < 4.78 is 19.0. The highest BCUT2D eigenvalue weighted by Gasteiger charge is 2.13. The lowest BCUT2D eigenvalue weighted by Gasteiger charge is -2.08. The Morgan fingerprint density at radius 2 is 1.89 bits per heavy atom.